The van der Waals surface area contributed by atoms with Gasteiger partial charge in [0, 0.05) is 10.6 Å². The van der Waals surface area contributed by atoms with Crippen LogP contribution in [0.2, 0.25) is 0 Å². The van der Waals surface area contributed by atoms with E-state index in [0.717, 1.165) is 10.6 Å². The van der Waals surface area contributed by atoms with Gasteiger partial charge < -0.3 is 9.47 Å². The number of ether oxygens (including phenoxy) is 2. The van der Waals surface area contributed by atoms with Crippen molar-refractivity contribution in [2.24, 2.45) is 5.41 Å². The maximum atomic E-state index is 11.5. The largest absolute Gasteiger partial charge is 0.496 e. The molecule has 94 valence electrons. The minimum absolute atomic E-state index is 0.195. The van der Waals surface area contributed by atoms with E-state index >= 15 is 0 Å². The Balaban J connectivity index is 2.70. The molecule has 1 aromatic carbocycles. The summed E-state index contributed by atoms with van der Waals surface area (Å²) in [5.41, 5.74) is -0.500. The average molecular weight is 254 g/mol. The van der Waals surface area contributed by atoms with Crippen molar-refractivity contribution in [1.82, 2.24) is 0 Å². The fourth-order valence-corrected chi connectivity index (χ4v) is 2.43. The number of benzene rings is 1. The number of thioether (sulfide) groups is 1. The van der Waals surface area contributed by atoms with Gasteiger partial charge in [0.05, 0.1) is 19.6 Å². The Labute approximate surface area is 106 Å². The number of rotatable bonds is 5. The molecular formula is C13H18O3S. The molecule has 0 aliphatic carbocycles. The van der Waals surface area contributed by atoms with Gasteiger partial charge in [0.1, 0.15) is 5.75 Å². The summed E-state index contributed by atoms with van der Waals surface area (Å²) in [6, 6.07) is 7.77. The second-order valence-electron chi connectivity index (χ2n) is 4.31. The molecule has 0 fully saturated rings. The highest BCUT2D eigenvalue weighted by Gasteiger charge is 2.29. The van der Waals surface area contributed by atoms with Gasteiger partial charge in [-0.3, -0.25) is 4.79 Å². The van der Waals surface area contributed by atoms with Crippen LogP contribution in [0.5, 0.6) is 5.75 Å². The first kappa shape index (κ1) is 13.9. The van der Waals surface area contributed by atoms with E-state index in [2.05, 4.69) is 0 Å². The van der Waals surface area contributed by atoms with Gasteiger partial charge in [0.2, 0.25) is 0 Å². The third kappa shape index (κ3) is 3.66. The summed E-state index contributed by atoms with van der Waals surface area (Å²) in [4.78, 5) is 12.6. The highest BCUT2D eigenvalue weighted by Crippen LogP contribution is 2.33. The number of hydrogen-bond acceptors (Lipinski definition) is 4. The van der Waals surface area contributed by atoms with Crippen molar-refractivity contribution in [3.8, 4) is 5.75 Å². The number of para-hydroxylation sites is 1. The Morgan fingerprint density at radius 1 is 1.29 bits per heavy atom. The normalized spacial score (nSPS) is 11.1. The monoisotopic (exact) mass is 254 g/mol. The smallest absolute Gasteiger partial charge is 0.312 e. The van der Waals surface area contributed by atoms with Crippen molar-refractivity contribution >= 4 is 17.7 Å². The van der Waals surface area contributed by atoms with Gasteiger partial charge in [-0.2, -0.15) is 0 Å². The summed E-state index contributed by atoms with van der Waals surface area (Å²) in [5, 5.41) is 0. The van der Waals surface area contributed by atoms with Crippen molar-refractivity contribution < 1.29 is 14.3 Å². The van der Waals surface area contributed by atoms with E-state index < -0.39 is 5.41 Å². The zero-order valence-electron chi connectivity index (χ0n) is 10.6. The Hall–Kier alpha value is -1.16. The molecule has 0 unspecified atom stereocenters. The third-order valence-electron chi connectivity index (χ3n) is 2.40. The zero-order valence-corrected chi connectivity index (χ0v) is 11.5. The molecule has 4 heteroatoms. The van der Waals surface area contributed by atoms with E-state index in [9.17, 15) is 4.79 Å². The number of methoxy groups -OCH3 is 2. The Kier molecular flexibility index (Phi) is 4.87. The molecule has 0 aliphatic heterocycles. The Morgan fingerprint density at radius 2 is 1.94 bits per heavy atom. The lowest BCUT2D eigenvalue weighted by atomic mass is 9.97. The summed E-state index contributed by atoms with van der Waals surface area (Å²) >= 11 is 1.60. The van der Waals surface area contributed by atoms with E-state index in [1.165, 1.54) is 7.11 Å². The predicted molar refractivity (Wildman–Crippen MR) is 69.5 cm³/mol. The van der Waals surface area contributed by atoms with Crippen LogP contribution in [-0.4, -0.2) is 25.9 Å². The summed E-state index contributed by atoms with van der Waals surface area (Å²) in [5.74, 6) is 1.29. The second kappa shape index (κ2) is 5.96. The molecule has 0 aromatic heterocycles. The molecule has 1 aromatic rings. The highest BCUT2D eigenvalue weighted by atomic mass is 32.2. The first-order valence-corrected chi connectivity index (χ1v) is 6.34. The third-order valence-corrected chi connectivity index (χ3v) is 3.91. The molecule has 17 heavy (non-hydrogen) atoms. The van der Waals surface area contributed by atoms with E-state index in [0.29, 0.717) is 5.75 Å². The van der Waals surface area contributed by atoms with Gasteiger partial charge in [0.25, 0.3) is 0 Å². The molecular weight excluding hydrogens is 236 g/mol. The van der Waals surface area contributed by atoms with Crippen molar-refractivity contribution in [1.29, 1.82) is 0 Å². The van der Waals surface area contributed by atoms with Crippen LogP contribution < -0.4 is 4.74 Å². The van der Waals surface area contributed by atoms with Crippen LogP contribution in [0.3, 0.4) is 0 Å². The fourth-order valence-electron chi connectivity index (χ4n) is 1.33. The molecule has 0 atom stereocenters. The van der Waals surface area contributed by atoms with Crippen molar-refractivity contribution in [2.45, 2.75) is 18.7 Å². The van der Waals surface area contributed by atoms with Crippen molar-refractivity contribution in [3.05, 3.63) is 24.3 Å². The van der Waals surface area contributed by atoms with Crippen LogP contribution in [0.15, 0.2) is 29.2 Å². The summed E-state index contributed by atoms with van der Waals surface area (Å²) < 4.78 is 10.0. The molecule has 0 aliphatic rings. The molecule has 3 nitrogen and oxygen atoms in total. The van der Waals surface area contributed by atoms with Gasteiger partial charge in [0.15, 0.2) is 0 Å². The van der Waals surface area contributed by atoms with Crippen LogP contribution in [0.25, 0.3) is 0 Å². The molecule has 0 bridgehead atoms. The highest BCUT2D eigenvalue weighted by molar-refractivity contribution is 7.99. The van der Waals surface area contributed by atoms with Crippen molar-refractivity contribution in [2.75, 3.05) is 20.0 Å². The molecule has 0 saturated heterocycles. The lowest BCUT2D eigenvalue weighted by Gasteiger charge is -2.21. The SMILES string of the molecule is COC(=O)C(C)(C)CSc1ccccc1OC. The molecule has 0 spiro atoms. The molecule has 0 heterocycles. The first-order valence-electron chi connectivity index (χ1n) is 5.35. The van der Waals surface area contributed by atoms with Gasteiger partial charge >= 0.3 is 5.97 Å². The van der Waals surface area contributed by atoms with Crippen LogP contribution in [0.1, 0.15) is 13.8 Å². The topological polar surface area (TPSA) is 35.5 Å². The quantitative estimate of drug-likeness (QED) is 0.598. The minimum Gasteiger partial charge on any atom is -0.496 e. The van der Waals surface area contributed by atoms with Gasteiger partial charge in [-0.1, -0.05) is 12.1 Å². The number of carbonyl (C=O) groups is 1. The second-order valence-corrected chi connectivity index (χ2v) is 5.33. The van der Waals surface area contributed by atoms with Gasteiger partial charge in [-0.05, 0) is 26.0 Å². The van der Waals surface area contributed by atoms with Crippen LogP contribution >= 0.6 is 11.8 Å². The van der Waals surface area contributed by atoms with E-state index in [1.807, 2.05) is 38.1 Å². The summed E-state index contributed by atoms with van der Waals surface area (Å²) in [6.07, 6.45) is 0. The maximum absolute atomic E-state index is 11.5. The Morgan fingerprint density at radius 3 is 2.53 bits per heavy atom. The number of carbonyl (C=O) groups excluding carboxylic acids is 1. The summed E-state index contributed by atoms with van der Waals surface area (Å²) in [6.45, 7) is 3.75. The lowest BCUT2D eigenvalue weighted by molar-refractivity contribution is -0.149. The minimum atomic E-state index is -0.500. The van der Waals surface area contributed by atoms with E-state index in [1.54, 1.807) is 18.9 Å². The zero-order chi connectivity index (χ0) is 12.9. The molecule has 0 radical (unpaired) electrons. The van der Waals surface area contributed by atoms with Gasteiger partial charge in [-0.15, -0.1) is 11.8 Å². The van der Waals surface area contributed by atoms with Crippen LogP contribution in [-0.2, 0) is 9.53 Å². The van der Waals surface area contributed by atoms with Crippen molar-refractivity contribution in [3.63, 3.8) is 0 Å². The van der Waals surface area contributed by atoms with E-state index in [4.69, 9.17) is 9.47 Å². The Bertz CT molecular complexity index is 388. The first-order chi connectivity index (χ1) is 8.01. The van der Waals surface area contributed by atoms with Gasteiger partial charge in [-0.25, -0.2) is 0 Å². The van der Waals surface area contributed by atoms with Crippen LogP contribution in [0, 0.1) is 5.41 Å². The van der Waals surface area contributed by atoms with E-state index in [-0.39, 0.29) is 5.97 Å². The fraction of sp³-hybridized carbons (Fsp3) is 0.462. The molecule has 0 N–H and O–H groups in total. The molecule has 1 rings (SSSR count). The maximum Gasteiger partial charge on any atom is 0.312 e. The molecule has 0 saturated carbocycles. The lowest BCUT2D eigenvalue weighted by Crippen LogP contribution is -2.28. The summed E-state index contributed by atoms with van der Waals surface area (Å²) in [7, 11) is 3.06. The number of esters is 1. The van der Waals surface area contributed by atoms with Crippen LogP contribution in [0.4, 0.5) is 0 Å². The standard InChI is InChI=1S/C13H18O3S/c1-13(2,12(14)16-4)9-17-11-8-6-5-7-10(11)15-3/h5-8H,9H2,1-4H3. The predicted octanol–water partition coefficient (Wildman–Crippen LogP) is 2.99. The number of hydrogen-bond donors (Lipinski definition) is 0. The molecule has 0 amide bonds. The average Bonchev–Trinajstić information content (AvgIpc) is 2.35.